The summed E-state index contributed by atoms with van der Waals surface area (Å²) in [5.41, 5.74) is 2.03. The number of hydrogen-bond donors (Lipinski definition) is 1. The van der Waals surface area contributed by atoms with Crippen molar-refractivity contribution in [3.05, 3.63) is 58.6 Å². The van der Waals surface area contributed by atoms with Crippen LogP contribution in [0.3, 0.4) is 0 Å². The van der Waals surface area contributed by atoms with Crippen molar-refractivity contribution in [1.82, 2.24) is 4.98 Å². The molecule has 0 unspecified atom stereocenters. The summed E-state index contributed by atoms with van der Waals surface area (Å²) in [6.45, 7) is 4.77. The van der Waals surface area contributed by atoms with Crippen molar-refractivity contribution in [2.75, 3.05) is 7.11 Å². The second-order valence-corrected chi connectivity index (χ2v) is 6.18. The summed E-state index contributed by atoms with van der Waals surface area (Å²) in [7, 11) is 1.27. The number of H-pyrrole nitrogens is 1. The fourth-order valence-electron chi connectivity index (χ4n) is 2.96. The van der Waals surface area contributed by atoms with Crippen molar-refractivity contribution in [3.63, 3.8) is 0 Å². The predicted molar refractivity (Wildman–Crippen MR) is 97.0 cm³/mol. The maximum absolute atomic E-state index is 12.7. The van der Waals surface area contributed by atoms with E-state index in [0.29, 0.717) is 22.4 Å². The highest BCUT2D eigenvalue weighted by Crippen LogP contribution is 2.22. The molecule has 0 radical (unpaired) electrons. The lowest BCUT2D eigenvalue weighted by Crippen LogP contribution is -2.25. The maximum Gasteiger partial charge on any atom is 0.374 e. The van der Waals surface area contributed by atoms with Gasteiger partial charge in [-0.05, 0) is 38.5 Å². The first-order valence-electron chi connectivity index (χ1n) is 8.34. The average molecular weight is 369 g/mol. The summed E-state index contributed by atoms with van der Waals surface area (Å²) < 4.78 is 15.4. The molecule has 2 aromatic heterocycles. The number of aromatic amines is 1. The van der Waals surface area contributed by atoms with E-state index < -0.39 is 23.8 Å². The lowest BCUT2D eigenvalue weighted by Gasteiger charge is -2.11. The lowest BCUT2D eigenvalue weighted by molar-refractivity contribution is 0.0289. The van der Waals surface area contributed by atoms with Gasteiger partial charge in [-0.1, -0.05) is 18.2 Å². The number of rotatable bonds is 5. The van der Waals surface area contributed by atoms with Gasteiger partial charge in [-0.2, -0.15) is 0 Å². The summed E-state index contributed by atoms with van der Waals surface area (Å²) in [5, 5.41) is 0.766. The number of methoxy groups -OCH3 is 1. The van der Waals surface area contributed by atoms with Crippen LogP contribution in [-0.2, 0) is 9.47 Å². The van der Waals surface area contributed by atoms with E-state index in [9.17, 15) is 14.4 Å². The number of para-hydroxylation sites is 1. The first kappa shape index (κ1) is 18.4. The molecule has 0 bridgehead atoms. The first-order valence-corrected chi connectivity index (χ1v) is 8.34. The molecule has 140 valence electrons. The van der Waals surface area contributed by atoms with Crippen LogP contribution in [0.25, 0.3) is 11.0 Å². The van der Waals surface area contributed by atoms with Crippen LogP contribution in [0.4, 0.5) is 0 Å². The molecule has 0 amide bonds. The standard InChI is InChI=1S/C20H19NO6/c1-10-16(20(24)25-4)11(2)21-17(10)18(22)12(3)26-19(23)15-9-13-7-5-6-8-14(13)27-15/h5-9,12,21H,1-4H3/t12-/m1/s1. The third-order valence-electron chi connectivity index (χ3n) is 4.35. The Kier molecular flexibility index (Phi) is 4.85. The molecule has 27 heavy (non-hydrogen) atoms. The normalized spacial score (nSPS) is 12.0. The Morgan fingerprint density at radius 2 is 1.81 bits per heavy atom. The van der Waals surface area contributed by atoms with E-state index in [-0.39, 0.29) is 11.5 Å². The molecule has 2 heterocycles. The smallest absolute Gasteiger partial charge is 0.374 e. The molecule has 0 saturated heterocycles. The minimum Gasteiger partial charge on any atom is -0.465 e. The fourth-order valence-corrected chi connectivity index (χ4v) is 2.96. The van der Waals surface area contributed by atoms with Crippen LogP contribution in [0.15, 0.2) is 34.7 Å². The van der Waals surface area contributed by atoms with Crippen molar-refractivity contribution in [2.45, 2.75) is 26.9 Å². The Morgan fingerprint density at radius 1 is 1.11 bits per heavy atom. The highest BCUT2D eigenvalue weighted by Gasteiger charge is 2.28. The molecule has 1 N–H and O–H groups in total. The molecule has 7 heteroatoms. The van der Waals surface area contributed by atoms with Gasteiger partial charge in [-0.15, -0.1) is 0 Å². The number of ether oxygens (including phenoxy) is 2. The topological polar surface area (TPSA) is 98.6 Å². The molecule has 0 saturated carbocycles. The first-order chi connectivity index (χ1) is 12.8. The van der Waals surface area contributed by atoms with Gasteiger partial charge >= 0.3 is 11.9 Å². The minimum atomic E-state index is -1.06. The number of aryl methyl sites for hydroxylation is 1. The number of Topliss-reactive ketones (excluding diaryl/α,β-unsaturated/α-hetero) is 1. The summed E-state index contributed by atoms with van der Waals surface area (Å²) in [5.74, 6) is -1.70. The van der Waals surface area contributed by atoms with Gasteiger partial charge in [0.1, 0.15) is 5.58 Å². The molecule has 7 nitrogen and oxygen atoms in total. The number of nitrogens with one attached hydrogen (secondary N) is 1. The average Bonchev–Trinajstić information content (AvgIpc) is 3.21. The monoisotopic (exact) mass is 369 g/mol. The molecule has 0 aliphatic carbocycles. The second kappa shape index (κ2) is 7.11. The number of fused-ring (bicyclic) bond motifs is 1. The number of ketones is 1. The van der Waals surface area contributed by atoms with Gasteiger partial charge in [0.05, 0.1) is 18.4 Å². The molecular weight excluding hydrogens is 350 g/mol. The van der Waals surface area contributed by atoms with E-state index in [4.69, 9.17) is 13.9 Å². The number of carbonyl (C=O) groups excluding carboxylic acids is 3. The third kappa shape index (κ3) is 3.36. The van der Waals surface area contributed by atoms with E-state index in [2.05, 4.69) is 4.98 Å². The zero-order chi connectivity index (χ0) is 19.7. The van der Waals surface area contributed by atoms with Crippen LogP contribution in [-0.4, -0.2) is 35.9 Å². The van der Waals surface area contributed by atoms with Gasteiger partial charge in [-0.3, -0.25) is 4.79 Å². The van der Waals surface area contributed by atoms with Gasteiger partial charge in [0, 0.05) is 11.1 Å². The van der Waals surface area contributed by atoms with Crippen molar-refractivity contribution in [1.29, 1.82) is 0 Å². The molecule has 3 aromatic rings. The molecule has 0 fully saturated rings. The zero-order valence-electron chi connectivity index (χ0n) is 15.4. The maximum atomic E-state index is 12.7. The zero-order valence-corrected chi connectivity index (χ0v) is 15.4. The van der Waals surface area contributed by atoms with Gasteiger partial charge < -0.3 is 18.9 Å². The minimum absolute atomic E-state index is 0.0190. The Bertz CT molecular complexity index is 1010. The van der Waals surface area contributed by atoms with E-state index in [1.807, 2.05) is 12.1 Å². The van der Waals surface area contributed by atoms with Gasteiger partial charge in [0.25, 0.3) is 0 Å². The van der Waals surface area contributed by atoms with Crippen LogP contribution >= 0.6 is 0 Å². The molecule has 3 rings (SSSR count). The van der Waals surface area contributed by atoms with Crippen LogP contribution in [0, 0.1) is 13.8 Å². The lowest BCUT2D eigenvalue weighted by atomic mass is 10.1. The van der Waals surface area contributed by atoms with Gasteiger partial charge in [-0.25, -0.2) is 9.59 Å². The summed E-state index contributed by atoms with van der Waals surface area (Å²) in [6, 6.07) is 8.73. The fraction of sp³-hybridized carbons (Fsp3) is 0.250. The van der Waals surface area contributed by atoms with Gasteiger partial charge in [0.2, 0.25) is 11.5 Å². The summed E-state index contributed by atoms with van der Waals surface area (Å²) in [4.78, 5) is 39.7. The SMILES string of the molecule is COC(=O)c1c(C)[nH]c(C(=O)[C@@H](C)OC(=O)c2cc3ccccc3o2)c1C. The molecule has 1 atom stereocenters. The number of carbonyl (C=O) groups is 3. The van der Waals surface area contributed by atoms with E-state index >= 15 is 0 Å². The van der Waals surface area contributed by atoms with Crippen LogP contribution in [0.2, 0.25) is 0 Å². The highest BCUT2D eigenvalue weighted by molar-refractivity contribution is 6.04. The second-order valence-electron chi connectivity index (χ2n) is 6.18. The quantitative estimate of drug-likeness (QED) is 0.545. The Balaban J connectivity index is 1.79. The van der Waals surface area contributed by atoms with Crippen molar-refractivity contribution >= 4 is 28.7 Å². The summed E-state index contributed by atoms with van der Waals surface area (Å²) in [6.07, 6.45) is -1.06. The Labute approximate surface area is 155 Å². The van der Waals surface area contributed by atoms with Crippen LogP contribution in [0.5, 0.6) is 0 Å². The van der Waals surface area contributed by atoms with Crippen LogP contribution in [0.1, 0.15) is 49.6 Å². The number of benzene rings is 1. The van der Waals surface area contributed by atoms with Crippen molar-refractivity contribution in [3.8, 4) is 0 Å². The molecular formula is C20H19NO6. The number of furan rings is 1. The van der Waals surface area contributed by atoms with Crippen molar-refractivity contribution in [2.24, 2.45) is 0 Å². The number of esters is 2. The number of hydrogen-bond acceptors (Lipinski definition) is 6. The summed E-state index contributed by atoms with van der Waals surface area (Å²) >= 11 is 0. The van der Waals surface area contributed by atoms with Gasteiger partial charge in [0.15, 0.2) is 6.10 Å². The van der Waals surface area contributed by atoms with Crippen molar-refractivity contribution < 1.29 is 28.3 Å². The van der Waals surface area contributed by atoms with E-state index in [0.717, 1.165) is 5.39 Å². The highest BCUT2D eigenvalue weighted by atomic mass is 16.6. The molecule has 0 spiro atoms. The Morgan fingerprint density at radius 3 is 2.48 bits per heavy atom. The van der Waals surface area contributed by atoms with Crippen LogP contribution < -0.4 is 0 Å². The largest absolute Gasteiger partial charge is 0.465 e. The van der Waals surface area contributed by atoms with E-state index in [1.54, 1.807) is 32.0 Å². The predicted octanol–water partition coefficient (Wildman–Crippen LogP) is 3.59. The molecule has 0 aliphatic rings. The molecule has 0 aliphatic heterocycles. The molecule has 1 aromatic carbocycles. The Hall–Kier alpha value is -3.35. The van der Waals surface area contributed by atoms with E-state index in [1.165, 1.54) is 14.0 Å². The third-order valence-corrected chi connectivity index (χ3v) is 4.35. The number of aromatic nitrogens is 1.